The lowest BCUT2D eigenvalue weighted by atomic mass is 9.79. The fraction of sp³-hybridized carbons (Fsp3) is 0. The Morgan fingerprint density at radius 2 is 1.36 bits per heavy atom. The first-order valence-corrected chi connectivity index (χ1v) is 5.54. The number of hydrogen-bond acceptors (Lipinski definition) is 0. The topological polar surface area (TPSA) is 0 Å². The van der Waals surface area contributed by atoms with E-state index in [0.29, 0.717) is 0 Å². The van der Waals surface area contributed by atoms with Gasteiger partial charge in [-0.1, -0.05) is 50.5 Å². The molecule has 0 heterocycles. The average Bonchev–Trinajstić information content (AvgIpc) is 2.07. The summed E-state index contributed by atoms with van der Waals surface area (Å²) in [7, 11) is 6.47. The Balaban J connectivity index is 2.94. The van der Waals surface area contributed by atoms with E-state index < -0.39 is 0 Å². The summed E-state index contributed by atoms with van der Waals surface area (Å²) in [6.45, 7) is 0. The second-order valence-electron chi connectivity index (χ2n) is 3.90. The molecular formula is C10H10B3Br. The van der Waals surface area contributed by atoms with Gasteiger partial charge in [0.05, 0.1) is 0 Å². The number of benzene rings is 2. The summed E-state index contributed by atoms with van der Waals surface area (Å²) in [4.78, 5) is 0. The highest BCUT2D eigenvalue weighted by molar-refractivity contribution is 9.10. The van der Waals surface area contributed by atoms with E-state index in [1.54, 1.807) is 0 Å². The molecule has 0 nitrogen and oxygen atoms in total. The van der Waals surface area contributed by atoms with Gasteiger partial charge in [0, 0.05) is 4.47 Å². The molecule has 0 aliphatic heterocycles. The summed E-state index contributed by atoms with van der Waals surface area (Å²) in [5.41, 5.74) is 4.02. The molecular weight excluding hydrogens is 232 g/mol. The minimum absolute atomic E-state index is 1.16. The van der Waals surface area contributed by atoms with Crippen LogP contribution in [0.2, 0.25) is 0 Å². The summed E-state index contributed by atoms with van der Waals surface area (Å²) in [5, 5.41) is 2.72. The number of halogens is 1. The van der Waals surface area contributed by atoms with E-state index in [4.69, 9.17) is 0 Å². The highest BCUT2D eigenvalue weighted by Gasteiger charge is 2.02. The van der Waals surface area contributed by atoms with Crippen LogP contribution < -0.4 is 16.4 Å². The zero-order valence-electron chi connectivity index (χ0n) is 8.69. The SMILES string of the molecule is Bc1cc(B)c2cc(Br)cc(B)c2c1. The van der Waals surface area contributed by atoms with Crippen molar-refractivity contribution in [3.8, 4) is 0 Å². The molecule has 0 bridgehead atoms. The molecule has 0 unspecified atom stereocenters. The van der Waals surface area contributed by atoms with E-state index in [2.05, 4.69) is 63.7 Å². The van der Waals surface area contributed by atoms with Gasteiger partial charge in [0.1, 0.15) is 23.5 Å². The van der Waals surface area contributed by atoms with Crippen LogP contribution >= 0.6 is 15.9 Å². The first-order chi connectivity index (χ1) is 6.58. The van der Waals surface area contributed by atoms with Crippen LogP contribution in [-0.4, -0.2) is 23.5 Å². The van der Waals surface area contributed by atoms with Gasteiger partial charge in [-0.05, 0) is 16.8 Å². The summed E-state index contributed by atoms with van der Waals surface area (Å²) >= 11 is 3.54. The van der Waals surface area contributed by atoms with E-state index in [-0.39, 0.29) is 0 Å². The summed E-state index contributed by atoms with van der Waals surface area (Å²) in [6, 6.07) is 8.84. The Morgan fingerprint density at radius 3 is 2.07 bits per heavy atom. The molecule has 2 aromatic carbocycles. The van der Waals surface area contributed by atoms with Crippen LogP contribution in [0.1, 0.15) is 0 Å². The second-order valence-corrected chi connectivity index (χ2v) is 4.82. The first-order valence-electron chi connectivity index (χ1n) is 4.75. The van der Waals surface area contributed by atoms with Gasteiger partial charge in [0.15, 0.2) is 0 Å². The van der Waals surface area contributed by atoms with Crippen molar-refractivity contribution in [3.63, 3.8) is 0 Å². The highest BCUT2D eigenvalue weighted by atomic mass is 79.9. The van der Waals surface area contributed by atoms with E-state index in [1.165, 1.54) is 27.2 Å². The van der Waals surface area contributed by atoms with Crippen LogP contribution in [0, 0.1) is 0 Å². The highest BCUT2D eigenvalue weighted by Crippen LogP contribution is 2.14. The molecule has 0 N–H and O–H groups in total. The van der Waals surface area contributed by atoms with Crippen molar-refractivity contribution in [2.24, 2.45) is 0 Å². The molecule has 0 aliphatic rings. The van der Waals surface area contributed by atoms with E-state index in [0.717, 1.165) is 4.47 Å². The third-order valence-electron chi connectivity index (χ3n) is 2.59. The maximum absolute atomic E-state index is 3.54. The first kappa shape index (κ1) is 9.91. The minimum atomic E-state index is 1.16. The van der Waals surface area contributed by atoms with Crippen LogP contribution in [0.3, 0.4) is 0 Å². The maximum atomic E-state index is 3.54. The van der Waals surface area contributed by atoms with Crippen molar-refractivity contribution in [1.82, 2.24) is 0 Å². The van der Waals surface area contributed by atoms with Gasteiger partial charge in [-0.15, -0.1) is 0 Å². The quantitative estimate of drug-likeness (QED) is 0.487. The van der Waals surface area contributed by atoms with Gasteiger partial charge in [-0.2, -0.15) is 0 Å². The predicted octanol–water partition coefficient (Wildman–Crippen LogP) is -1.62. The lowest BCUT2D eigenvalue weighted by Gasteiger charge is -2.08. The van der Waals surface area contributed by atoms with Gasteiger partial charge >= 0.3 is 0 Å². The van der Waals surface area contributed by atoms with Crippen molar-refractivity contribution >= 4 is 66.6 Å². The monoisotopic (exact) mass is 242 g/mol. The van der Waals surface area contributed by atoms with E-state index >= 15 is 0 Å². The average molecular weight is 243 g/mol. The molecule has 0 spiro atoms. The molecule has 66 valence electrons. The van der Waals surface area contributed by atoms with Crippen molar-refractivity contribution in [2.45, 2.75) is 0 Å². The normalized spacial score (nSPS) is 10.6. The molecule has 2 aromatic rings. The predicted molar refractivity (Wildman–Crippen MR) is 76.2 cm³/mol. The molecule has 0 atom stereocenters. The van der Waals surface area contributed by atoms with Crippen LogP contribution in [-0.2, 0) is 0 Å². The molecule has 0 saturated carbocycles. The molecule has 2 rings (SSSR count). The Morgan fingerprint density at radius 1 is 0.786 bits per heavy atom. The summed E-state index contributed by atoms with van der Waals surface area (Å²) in [6.07, 6.45) is 0. The largest absolute Gasteiger partial charge is 0.140 e. The fourth-order valence-electron chi connectivity index (χ4n) is 1.96. The molecule has 0 fully saturated rings. The van der Waals surface area contributed by atoms with Crippen molar-refractivity contribution < 1.29 is 0 Å². The van der Waals surface area contributed by atoms with Crippen molar-refractivity contribution in [2.75, 3.05) is 0 Å². The van der Waals surface area contributed by atoms with Crippen LogP contribution in [0.4, 0.5) is 0 Å². The Bertz CT molecular complexity index is 461. The lowest BCUT2D eigenvalue weighted by molar-refractivity contribution is 1.78. The second kappa shape index (κ2) is 3.50. The van der Waals surface area contributed by atoms with E-state index in [9.17, 15) is 0 Å². The maximum Gasteiger partial charge on any atom is 0.140 e. The van der Waals surface area contributed by atoms with E-state index in [1.807, 2.05) is 0 Å². The Labute approximate surface area is 95.4 Å². The standard InChI is InChI=1S/C10H10B3Br/c11-5-1-7-8(9(12)2-5)3-6(14)4-10(7)13/h1-4H,11-13H2. The zero-order chi connectivity index (χ0) is 10.3. The number of fused-ring (bicyclic) bond motifs is 1. The minimum Gasteiger partial charge on any atom is -0.0889 e. The molecule has 4 heteroatoms. The number of hydrogen-bond donors (Lipinski definition) is 0. The zero-order valence-corrected chi connectivity index (χ0v) is 10.3. The van der Waals surface area contributed by atoms with Crippen molar-refractivity contribution in [3.05, 3.63) is 28.7 Å². The van der Waals surface area contributed by atoms with Crippen LogP contribution in [0.15, 0.2) is 28.7 Å². The Hall–Kier alpha value is -0.625. The van der Waals surface area contributed by atoms with Gasteiger partial charge in [0.2, 0.25) is 0 Å². The van der Waals surface area contributed by atoms with Crippen LogP contribution in [0.5, 0.6) is 0 Å². The van der Waals surface area contributed by atoms with Gasteiger partial charge in [0.25, 0.3) is 0 Å². The van der Waals surface area contributed by atoms with Crippen LogP contribution in [0.25, 0.3) is 10.8 Å². The fourth-order valence-corrected chi connectivity index (χ4v) is 2.53. The molecule has 0 saturated heterocycles. The molecule has 0 radical (unpaired) electrons. The third-order valence-corrected chi connectivity index (χ3v) is 3.05. The smallest absolute Gasteiger partial charge is 0.0889 e. The third kappa shape index (κ3) is 1.63. The summed E-state index contributed by atoms with van der Waals surface area (Å²) < 4.78 is 1.16. The lowest BCUT2D eigenvalue weighted by Crippen LogP contribution is -2.18. The summed E-state index contributed by atoms with van der Waals surface area (Å²) in [5.74, 6) is 0. The number of rotatable bonds is 0. The molecule has 0 amide bonds. The Kier molecular flexibility index (Phi) is 2.48. The van der Waals surface area contributed by atoms with Gasteiger partial charge < -0.3 is 0 Å². The molecule has 14 heavy (non-hydrogen) atoms. The molecule has 0 aliphatic carbocycles. The molecule has 0 aromatic heterocycles. The van der Waals surface area contributed by atoms with Gasteiger partial charge in [-0.3, -0.25) is 0 Å². The van der Waals surface area contributed by atoms with Crippen molar-refractivity contribution in [1.29, 1.82) is 0 Å². The van der Waals surface area contributed by atoms with Gasteiger partial charge in [-0.25, -0.2) is 0 Å².